The Balaban J connectivity index is 2.21. The third kappa shape index (κ3) is 5.65. The highest BCUT2D eigenvalue weighted by molar-refractivity contribution is 7.89. The molecule has 0 unspecified atom stereocenters. The van der Waals surface area contributed by atoms with Crippen LogP contribution < -0.4 is 15.4 Å². The lowest BCUT2D eigenvalue weighted by atomic mass is 10.2. The molecule has 0 aliphatic carbocycles. The number of anilines is 2. The van der Waals surface area contributed by atoms with E-state index in [1.165, 1.54) is 43.3 Å². The van der Waals surface area contributed by atoms with Gasteiger partial charge in [-0.25, -0.2) is 13.1 Å². The lowest BCUT2D eigenvalue weighted by molar-refractivity contribution is -0.114. The standard InChI is InChI=1S/C18H18ClN3O4S/c1-3-10-20-27(25,26)15-7-4-13(5-8-15)18(24)22-17-11-14(19)6-9-16(17)21-12(2)23/h3-9,11,20H,1,10H2,2H3,(H,21,23)(H,22,24). The summed E-state index contributed by atoms with van der Waals surface area (Å²) in [6, 6.07) is 10.1. The Bertz CT molecular complexity index is 973. The molecule has 3 N–H and O–H groups in total. The zero-order chi connectivity index (χ0) is 20.0. The molecule has 2 aromatic carbocycles. The van der Waals surface area contributed by atoms with Gasteiger partial charge in [0.05, 0.1) is 16.3 Å². The molecule has 0 fully saturated rings. The fourth-order valence-corrected chi connectivity index (χ4v) is 3.32. The number of carbonyl (C=O) groups excluding carboxylic acids is 2. The zero-order valence-corrected chi connectivity index (χ0v) is 16.0. The number of halogens is 1. The van der Waals surface area contributed by atoms with Crippen molar-refractivity contribution < 1.29 is 18.0 Å². The van der Waals surface area contributed by atoms with E-state index >= 15 is 0 Å². The Morgan fingerprint density at radius 1 is 1.07 bits per heavy atom. The molecule has 0 heterocycles. The van der Waals surface area contributed by atoms with Gasteiger partial charge in [-0.15, -0.1) is 6.58 Å². The molecule has 0 aromatic heterocycles. The SMILES string of the molecule is C=CCNS(=O)(=O)c1ccc(C(=O)Nc2cc(Cl)ccc2NC(C)=O)cc1. The van der Waals surface area contributed by atoms with Crippen LogP contribution in [0.25, 0.3) is 0 Å². The van der Waals surface area contributed by atoms with E-state index in [2.05, 4.69) is 21.9 Å². The molecular formula is C18H18ClN3O4S. The van der Waals surface area contributed by atoms with E-state index in [0.717, 1.165) is 0 Å². The van der Waals surface area contributed by atoms with Crippen LogP contribution in [-0.2, 0) is 14.8 Å². The van der Waals surface area contributed by atoms with Gasteiger partial charge in [0.2, 0.25) is 15.9 Å². The Hall–Kier alpha value is -2.68. The second-order valence-electron chi connectivity index (χ2n) is 5.49. The van der Waals surface area contributed by atoms with Crippen LogP contribution in [0.5, 0.6) is 0 Å². The fraction of sp³-hybridized carbons (Fsp3) is 0.111. The molecule has 7 nitrogen and oxygen atoms in total. The van der Waals surface area contributed by atoms with Crippen LogP contribution in [0.4, 0.5) is 11.4 Å². The number of carbonyl (C=O) groups is 2. The maximum Gasteiger partial charge on any atom is 0.255 e. The summed E-state index contributed by atoms with van der Waals surface area (Å²) in [5.74, 6) is -0.777. The van der Waals surface area contributed by atoms with Crippen molar-refractivity contribution in [2.45, 2.75) is 11.8 Å². The van der Waals surface area contributed by atoms with E-state index in [4.69, 9.17) is 11.6 Å². The second kappa shape index (κ2) is 8.81. The van der Waals surface area contributed by atoms with Gasteiger partial charge in [0.25, 0.3) is 5.91 Å². The van der Waals surface area contributed by atoms with Crippen molar-refractivity contribution in [2.24, 2.45) is 0 Å². The molecule has 0 aliphatic rings. The molecule has 2 aromatic rings. The van der Waals surface area contributed by atoms with Crippen LogP contribution in [0.15, 0.2) is 60.0 Å². The van der Waals surface area contributed by atoms with Crippen LogP contribution in [0, 0.1) is 0 Å². The molecule has 0 saturated heterocycles. The number of hydrogen-bond acceptors (Lipinski definition) is 4. The molecule has 0 bridgehead atoms. The summed E-state index contributed by atoms with van der Waals surface area (Å²) in [5.41, 5.74) is 0.964. The van der Waals surface area contributed by atoms with E-state index in [-0.39, 0.29) is 22.9 Å². The first kappa shape index (κ1) is 20.6. The maximum absolute atomic E-state index is 12.5. The van der Waals surface area contributed by atoms with Crippen molar-refractivity contribution in [1.29, 1.82) is 0 Å². The highest BCUT2D eigenvalue weighted by Crippen LogP contribution is 2.26. The molecule has 0 spiro atoms. The molecule has 2 amide bonds. The van der Waals surface area contributed by atoms with E-state index in [1.54, 1.807) is 12.1 Å². The lowest BCUT2D eigenvalue weighted by Crippen LogP contribution is -2.23. The molecular weight excluding hydrogens is 390 g/mol. The van der Waals surface area contributed by atoms with Crippen molar-refractivity contribution in [3.8, 4) is 0 Å². The third-order valence-electron chi connectivity index (χ3n) is 3.39. The van der Waals surface area contributed by atoms with Crippen LogP contribution in [0.3, 0.4) is 0 Å². The van der Waals surface area contributed by atoms with Gasteiger partial charge in [0.15, 0.2) is 0 Å². The summed E-state index contributed by atoms with van der Waals surface area (Å²) in [4.78, 5) is 23.8. The molecule has 0 saturated carbocycles. The van der Waals surface area contributed by atoms with Gasteiger partial charge in [-0.05, 0) is 42.5 Å². The predicted octanol–water partition coefficient (Wildman–Crippen LogP) is 3.02. The summed E-state index contributed by atoms with van der Waals surface area (Å²) < 4.78 is 26.4. The maximum atomic E-state index is 12.5. The molecule has 142 valence electrons. The number of nitrogens with one attached hydrogen (secondary N) is 3. The molecule has 2 rings (SSSR count). The largest absolute Gasteiger partial charge is 0.325 e. The highest BCUT2D eigenvalue weighted by Gasteiger charge is 2.15. The first-order valence-electron chi connectivity index (χ1n) is 7.82. The van der Waals surface area contributed by atoms with Gasteiger partial charge in [0.1, 0.15) is 0 Å². The average molecular weight is 408 g/mol. The number of hydrogen-bond donors (Lipinski definition) is 3. The van der Waals surface area contributed by atoms with E-state index in [0.29, 0.717) is 16.4 Å². The van der Waals surface area contributed by atoms with Crippen molar-refractivity contribution in [1.82, 2.24) is 4.72 Å². The van der Waals surface area contributed by atoms with E-state index in [1.807, 2.05) is 0 Å². The third-order valence-corrected chi connectivity index (χ3v) is 5.06. The van der Waals surface area contributed by atoms with Crippen molar-refractivity contribution >= 4 is 44.8 Å². The topological polar surface area (TPSA) is 104 Å². The normalized spacial score (nSPS) is 10.9. The van der Waals surface area contributed by atoms with Crippen molar-refractivity contribution in [3.63, 3.8) is 0 Å². The minimum Gasteiger partial charge on any atom is -0.325 e. The van der Waals surface area contributed by atoms with E-state index in [9.17, 15) is 18.0 Å². The van der Waals surface area contributed by atoms with Crippen LogP contribution in [-0.4, -0.2) is 26.8 Å². The van der Waals surface area contributed by atoms with Gasteiger partial charge in [-0.3, -0.25) is 9.59 Å². The Labute approximate surface area is 162 Å². The molecule has 0 radical (unpaired) electrons. The average Bonchev–Trinajstić information content (AvgIpc) is 2.62. The molecule has 0 atom stereocenters. The highest BCUT2D eigenvalue weighted by atomic mass is 35.5. The summed E-state index contributed by atoms with van der Waals surface area (Å²) in [6.45, 7) is 4.90. The monoisotopic (exact) mass is 407 g/mol. The fourth-order valence-electron chi connectivity index (χ4n) is 2.15. The second-order valence-corrected chi connectivity index (χ2v) is 7.69. The van der Waals surface area contributed by atoms with Gasteiger partial charge in [-0.1, -0.05) is 17.7 Å². The summed E-state index contributed by atoms with van der Waals surface area (Å²) >= 11 is 5.95. The minimum absolute atomic E-state index is 0.0302. The van der Waals surface area contributed by atoms with Gasteiger partial charge < -0.3 is 10.6 Å². The van der Waals surface area contributed by atoms with Gasteiger partial charge in [-0.2, -0.15) is 0 Å². The summed E-state index contributed by atoms with van der Waals surface area (Å²) in [6.07, 6.45) is 1.43. The number of benzene rings is 2. The summed E-state index contributed by atoms with van der Waals surface area (Å²) in [5, 5.41) is 5.63. The van der Waals surface area contributed by atoms with E-state index < -0.39 is 15.9 Å². The summed E-state index contributed by atoms with van der Waals surface area (Å²) in [7, 11) is -3.67. The quantitative estimate of drug-likeness (QED) is 0.613. The number of sulfonamides is 1. The van der Waals surface area contributed by atoms with Crippen LogP contribution in [0.1, 0.15) is 17.3 Å². The van der Waals surface area contributed by atoms with Crippen LogP contribution in [0.2, 0.25) is 5.02 Å². The van der Waals surface area contributed by atoms with Crippen molar-refractivity contribution in [2.75, 3.05) is 17.2 Å². The number of rotatable bonds is 7. The number of amides is 2. The Morgan fingerprint density at radius 2 is 1.74 bits per heavy atom. The minimum atomic E-state index is -3.67. The smallest absolute Gasteiger partial charge is 0.255 e. The Morgan fingerprint density at radius 3 is 2.33 bits per heavy atom. The lowest BCUT2D eigenvalue weighted by Gasteiger charge is -2.12. The first-order valence-corrected chi connectivity index (χ1v) is 9.68. The Kier molecular flexibility index (Phi) is 6.73. The molecule has 27 heavy (non-hydrogen) atoms. The van der Waals surface area contributed by atoms with Crippen molar-refractivity contribution in [3.05, 3.63) is 65.7 Å². The van der Waals surface area contributed by atoms with Gasteiger partial charge in [0, 0.05) is 24.1 Å². The van der Waals surface area contributed by atoms with Crippen LogP contribution >= 0.6 is 11.6 Å². The van der Waals surface area contributed by atoms with Gasteiger partial charge >= 0.3 is 0 Å². The zero-order valence-electron chi connectivity index (χ0n) is 14.5. The predicted molar refractivity (Wildman–Crippen MR) is 106 cm³/mol. The molecule has 9 heteroatoms. The molecule has 0 aliphatic heterocycles. The first-order chi connectivity index (χ1) is 12.7.